The van der Waals surface area contributed by atoms with Gasteiger partial charge < -0.3 is 4.57 Å². The zero-order valence-corrected chi connectivity index (χ0v) is 17.4. The van der Waals surface area contributed by atoms with E-state index in [1.54, 1.807) is 35.4 Å². The maximum Gasteiger partial charge on any atom is 0.0946 e. The molecule has 0 fully saturated rings. The van der Waals surface area contributed by atoms with Gasteiger partial charge in [-0.1, -0.05) is 48.4 Å². The second-order valence-corrected chi connectivity index (χ2v) is 9.09. The van der Waals surface area contributed by atoms with Crippen LogP contribution >= 0.6 is 58.5 Å². The van der Waals surface area contributed by atoms with E-state index < -0.39 is 0 Å². The summed E-state index contributed by atoms with van der Waals surface area (Å²) >= 11 is 21.6. The van der Waals surface area contributed by atoms with Crippen LogP contribution in [0.5, 0.6) is 0 Å². The summed E-state index contributed by atoms with van der Waals surface area (Å²) in [5, 5.41) is 3.48. The van der Waals surface area contributed by atoms with E-state index >= 15 is 0 Å². The van der Waals surface area contributed by atoms with Crippen molar-refractivity contribution in [2.75, 3.05) is 0 Å². The summed E-state index contributed by atoms with van der Waals surface area (Å²) in [7, 11) is 0. The molecule has 0 saturated carbocycles. The first-order valence-corrected chi connectivity index (χ1v) is 10.7. The fraction of sp³-hybridized carbons (Fsp3) is 0.222. The third kappa shape index (κ3) is 4.66. The van der Waals surface area contributed by atoms with E-state index in [4.69, 9.17) is 35.4 Å². The first-order chi connectivity index (χ1) is 12.1. The SMILES string of the molecule is CCc1ccsc1C(=S)SC(Cn1ccnc1)c1ccc(Cl)cc1Cl. The highest BCUT2D eigenvalue weighted by Crippen LogP contribution is 2.39. The topological polar surface area (TPSA) is 17.8 Å². The molecule has 1 aromatic carbocycles. The summed E-state index contributed by atoms with van der Waals surface area (Å²) in [4.78, 5) is 5.31. The Kier molecular flexibility index (Phi) is 6.58. The number of hydrogen-bond donors (Lipinski definition) is 0. The van der Waals surface area contributed by atoms with Crippen molar-refractivity contribution in [3.8, 4) is 0 Å². The summed E-state index contributed by atoms with van der Waals surface area (Å²) in [6.45, 7) is 2.89. The molecule has 0 bridgehead atoms. The highest BCUT2D eigenvalue weighted by molar-refractivity contribution is 8.24. The highest BCUT2D eigenvalue weighted by Gasteiger charge is 2.21. The molecule has 0 aliphatic carbocycles. The molecule has 0 aliphatic rings. The molecule has 0 saturated heterocycles. The number of halogens is 2. The lowest BCUT2D eigenvalue weighted by atomic mass is 10.1. The standard InChI is InChI=1S/C18H16Cl2N2S3/c1-2-12-5-8-24-17(12)18(23)25-16(10-22-7-6-21-11-22)14-4-3-13(19)9-15(14)20/h3-9,11,16H,2,10H2,1H3. The van der Waals surface area contributed by atoms with Crippen LogP contribution in [0.1, 0.15) is 28.2 Å². The van der Waals surface area contributed by atoms with Crippen LogP contribution in [0.2, 0.25) is 10.0 Å². The molecule has 1 unspecified atom stereocenters. The molecule has 7 heteroatoms. The van der Waals surface area contributed by atoms with Crippen LogP contribution in [0.4, 0.5) is 0 Å². The van der Waals surface area contributed by atoms with Crippen LogP contribution in [-0.2, 0) is 13.0 Å². The Hall–Kier alpha value is -0.850. The van der Waals surface area contributed by atoms with Crippen molar-refractivity contribution < 1.29 is 0 Å². The van der Waals surface area contributed by atoms with Crippen LogP contribution in [0.3, 0.4) is 0 Å². The maximum absolute atomic E-state index is 6.47. The summed E-state index contributed by atoms with van der Waals surface area (Å²) < 4.78 is 2.95. The fourth-order valence-electron chi connectivity index (χ4n) is 2.52. The zero-order chi connectivity index (χ0) is 17.8. The molecule has 0 amide bonds. The predicted molar refractivity (Wildman–Crippen MR) is 114 cm³/mol. The van der Waals surface area contributed by atoms with Gasteiger partial charge in [0, 0.05) is 29.0 Å². The largest absolute Gasteiger partial charge is 0.336 e. The number of thioether (sulfide) groups is 1. The minimum atomic E-state index is 0.0817. The Bertz CT molecular complexity index is 859. The normalized spacial score (nSPS) is 12.3. The van der Waals surface area contributed by atoms with Crippen LogP contribution < -0.4 is 0 Å². The molecule has 25 heavy (non-hydrogen) atoms. The van der Waals surface area contributed by atoms with Crippen molar-refractivity contribution in [1.82, 2.24) is 9.55 Å². The molecule has 3 aromatic rings. The summed E-state index contributed by atoms with van der Waals surface area (Å²) in [5.74, 6) is 0. The van der Waals surface area contributed by atoms with E-state index in [0.717, 1.165) is 22.7 Å². The fourth-order valence-corrected chi connectivity index (χ4v) is 5.95. The minimum absolute atomic E-state index is 0.0817. The van der Waals surface area contributed by atoms with E-state index in [-0.39, 0.29) is 5.25 Å². The third-order valence-corrected chi connectivity index (χ3v) is 7.20. The lowest BCUT2D eigenvalue weighted by molar-refractivity contribution is 0.685. The second-order valence-electron chi connectivity index (χ2n) is 5.45. The minimum Gasteiger partial charge on any atom is -0.336 e. The molecule has 0 N–H and O–H groups in total. The molecule has 0 radical (unpaired) electrons. The predicted octanol–water partition coefficient (Wildman–Crippen LogP) is 6.66. The van der Waals surface area contributed by atoms with E-state index in [0.29, 0.717) is 10.0 Å². The zero-order valence-electron chi connectivity index (χ0n) is 13.5. The molecule has 0 aliphatic heterocycles. The summed E-state index contributed by atoms with van der Waals surface area (Å²) in [6.07, 6.45) is 6.51. The Morgan fingerprint density at radius 2 is 2.20 bits per heavy atom. The van der Waals surface area contributed by atoms with Gasteiger partial charge in [-0.05, 0) is 41.1 Å². The number of aryl methyl sites for hydroxylation is 1. The van der Waals surface area contributed by atoms with Gasteiger partial charge in [0.1, 0.15) is 0 Å². The number of nitrogens with zero attached hydrogens (tertiary/aromatic N) is 2. The highest BCUT2D eigenvalue weighted by atomic mass is 35.5. The number of thiophene rings is 1. The van der Waals surface area contributed by atoms with Crippen molar-refractivity contribution in [1.29, 1.82) is 0 Å². The van der Waals surface area contributed by atoms with E-state index in [9.17, 15) is 0 Å². The summed E-state index contributed by atoms with van der Waals surface area (Å²) in [6, 6.07) is 7.78. The monoisotopic (exact) mass is 426 g/mol. The molecule has 130 valence electrons. The van der Waals surface area contributed by atoms with Gasteiger partial charge in [0.05, 0.1) is 20.7 Å². The van der Waals surface area contributed by atoms with E-state index in [1.165, 1.54) is 10.4 Å². The molecule has 2 aromatic heterocycles. The van der Waals surface area contributed by atoms with Crippen LogP contribution in [0.15, 0.2) is 48.4 Å². The summed E-state index contributed by atoms with van der Waals surface area (Å²) in [5.41, 5.74) is 2.33. The molecule has 0 spiro atoms. The lowest BCUT2D eigenvalue weighted by Crippen LogP contribution is -2.08. The number of rotatable bonds is 6. The lowest BCUT2D eigenvalue weighted by Gasteiger charge is -2.19. The van der Waals surface area contributed by atoms with Gasteiger partial charge in [-0.3, -0.25) is 0 Å². The smallest absolute Gasteiger partial charge is 0.0946 e. The van der Waals surface area contributed by atoms with Crippen LogP contribution in [0, 0.1) is 0 Å². The Morgan fingerprint density at radius 3 is 2.88 bits per heavy atom. The quantitative estimate of drug-likeness (QED) is 0.410. The number of thiocarbonyl (C=S) groups is 1. The van der Waals surface area contributed by atoms with Crippen molar-refractivity contribution >= 4 is 62.7 Å². The number of imidazole rings is 1. The average Bonchev–Trinajstić information content (AvgIpc) is 3.25. The first kappa shape index (κ1) is 18.9. The van der Waals surface area contributed by atoms with Gasteiger partial charge in [0.25, 0.3) is 0 Å². The van der Waals surface area contributed by atoms with Crippen molar-refractivity contribution in [2.45, 2.75) is 25.1 Å². The molecule has 3 rings (SSSR count). The van der Waals surface area contributed by atoms with E-state index in [2.05, 4.69) is 23.4 Å². The van der Waals surface area contributed by atoms with Gasteiger partial charge in [0.2, 0.25) is 0 Å². The molecule has 2 heterocycles. The second kappa shape index (κ2) is 8.69. The molecular weight excluding hydrogens is 411 g/mol. The van der Waals surface area contributed by atoms with Gasteiger partial charge >= 0.3 is 0 Å². The molecular formula is C18H16Cl2N2S3. The van der Waals surface area contributed by atoms with Gasteiger partial charge in [-0.15, -0.1) is 23.1 Å². The maximum atomic E-state index is 6.47. The Morgan fingerprint density at radius 1 is 1.36 bits per heavy atom. The van der Waals surface area contributed by atoms with Gasteiger partial charge in [-0.25, -0.2) is 4.98 Å². The van der Waals surface area contributed by atoms with Crippen molar-refractivity contribution in [2.24, 2.45) is 0 Å². The number of hydrogen-bond acceptors (Lipinski definition) is 4. The van der Waals surface area contributed by atoms with E-state index in [1.807, 2.05) is 29.2 Å². The first-order valence-electron chi connectivity index (χ1n) is 7.76. The third-order valence-electron chi connectivity index (χ3n) is 3.81. The van der Waals surface area contributed by atoms with Crippen LogP contribution in [0.25, 0.3) is 0 Å². The number of aromatic nitrogens is 2. The molecule has 2 nitrogen and oxygen atoms in total. The van der Waals surface area contributed by atoms with Crippen LogP contribution in [-0.4, -0.2) is 13.7 Å². The van der Waals surface area contributed by atoms with Crippen molar-refractivity contribution in [3.63, 3.8) is 0 Å². The Labute approximate surface area is 171 Å². The Balaban J connectivity index is 1.89. The average molecular weight is 427 g/mol. The number of benzene rings is 1. The van der Waals surface area contributed by atoms with Gasteiger partial charge in [-0.2, -0.15) is 0 Å². The van der Waals surface area contributed by atoms with Gasteiger partial charge in [0.15, 0.2) is 0 Å². The molecule has 1 atom stereocenters. The van der Waals surface area contributed by atoms with Crippen molar-refractivity contribution in [3.05, 3.63) is 74.4 Å².